The number of amides is 1. The van der Waals surface area contributed by atoms with Crippen molar-refractivity contribution in [2.45, 2.75) is 42.7 Å². The molecule has 0 unspecified atom stereocenters. The van der Waals surface area contributed by atoms with E-state index >= 15 is 0 Å². The second-order valence-electron chi connectivity index (χ2n) is 10.8. The third kappa shape index (κ3) is 6.27. The summed E-state index contributed by atoms with van der Waals surface area (Å²) in [5.74, 6) is 1.79. The van der Waals surface area contributed by atoms with E-state index in [-0.39, 0.29) is 30.4 Å². The molecule has 2 aliphatic rings. The number of hydrogen-bond acceptors (Lipinski definition) is 11. The molecule has 12 nitrogen and oxygen atoms in total. The van der Waals surface area contributed by atoms with Crippen LogP contribution in [0.15, 0.2) is 64.3 Å². The van der Waals surface area contributed by atoms with Crippen LogP contribution in [0, 0.1) is 5.92 Å². The fourth-order valence-corrected chi connectivity index (χ4v) is 8.93. The highest BCUT2D eigenvalue weighted by atomic mass is 32.2. The Bertz CT molecular complexity index is 1780. The number of pyridine rings is 1. The van der Waals surface area contributed by atoms with E-state index in [9.17, 15) is 13.2 Å². The Labute approximate surface area is 264 Å². The van der Waals surface area contributed by atoms with Crippen LogP contribution in [0.25, 0.3) is 16.8 Å². The third-order valence-electron chi connectivity index (χ3n) is 8.09. The van der Waals surface area contributed by atoms with Crippen LogP contribution in [-0.2, 0) is 26.3 Å². The van der Waals surface area contributed by atoms with E-state index in [2.05, 4.69) is 29.9 Å². The van der Waals surface area contributed by atoms with Gasteiger partial charge < -0.3 is 19.3 Å². The van der Waals surface area contributed by atoms with E-state index in [0.29, 0.717) is 17.3 Å². The number of carbonyl (C=O) groups excluding carboxylic acids is 1. The second-order valence-corrected chi connectivity index (χ2v) is 15.1. The van der Waals surface area contributed by atoms with E-state index in [1.807, 2.05) is 52.7 Å². The van der Waals surface area contributed by atoms with E-state index in [1.165, 1.54) is 19.0 Å². The number of rotatable bonds is 10. The van der Waals surface area contributed by atoms with Crippen molar-refractivity contribution < 1.29 is 17.9 Å². The molecule has 5 heterocycles. The molecule has 15 heteroatoms. The summed E-state index contributed by atoms with van der Waals surface area (Å²) in [4.78, 5) is 29.1. The summed E-state index contributed by atoms with van der Waals surface area (Å²) in [5.41, 5.74) is 1.99. The lowest BCUT2D eigenvalue weighted by Gasteiger charge is -2.35. The summed E-state index contributed by atoms with van der Waals surface area (Å²) in [6.45, 7) is 0.137. The Balaban J connectivity index is 1.21. The van der Waals surface area contributed by atoms with Crippen molar-refractivity contribution in [3.63, 3.8) is 0 Å². The summed E-state index contributed by atoms with van der Waals surface area (Å²) in [5, 5.41) is 5.76. The maximum atomic E-state index is 13.5. The second kappa shape index (κ2) is 12.8. The van der Waals surface area contributed by atoms with Crippen molar-refractivity contribution in [2.75, 3.05) is 37.1 Å². The first-order valence-electron chi connectivity index (χ1n) is 14.3. The summed E-state index contributed by atoms with van der Waals surface area (Å²) < 4.78 is 37.7. The number of sulfonamides is 1. The molecule has 44 heavy (non-hydrogen) atoms. The molecule has 6 rings (SSSR count). The molecule has 0 aromatic carbocycles. The number of ether oxygens (including phenoxy) is 1. The lowest BCUT2D eigenvalue weighted by molar-refractivity contribution is -0.113. The minimum absolute atomic E-state index is 0.137. The Morgan fingerprint density at radius 2 is 1.95 bits per heavy atom. The van der Waals surface area contributed by atoms with Gasteiger partial charge in [0.25, 0.3) is 5.91 Å². The SMILES string of the molecule is CNS(=O)(=O)CC1CCC(N(C)c2ncnc3c2ccn3COC2=C(C(=O)Nc3ccccn3)N(C)Sc3sccc32)CC1. The molecule has 0 saturated heterocycles. The Morgan fingerprint density at radius 3 is 2.70 bits per heavy atom. The highest BCUT2D eigenvalue weighted by Crippen LogP contribution is 2.44. The zero-order valence-electron chi connectivity index (χ0n) is 24.6. The van der Waals surface area contributed by atoms with Gasteiger partial charge in [0.15, 0.2) is 18.2 Å². The molecule has 0 spiro atoms. The van der Waals surface area contributed by atoms with Crippen molar-refractivity contribution in [2.24, 2.45) is 5.92 Å². The minimum Gasteiger partial charge on any atom is -0.470 e. The maximum Gasteiger partial charge on any atom is 0.277 e. The molecule has 0 radical (unpaired) electrons. The van der Waals surface area contributed by atoms with Crippen molar-refractivity contribution in [1.82, 2.24) is 28.5 Å². The van der Waals surface area contributed by atoms with Crippen LogP contribution in [0.3, 0.4) is 0 Å². The van der Waals surface area contributed by atoms with Crippen molar-refractivity contribution in [1.29, 1.82) is 0 Å². The molecule has 1 amide bonds. The van der Waals surface area contributed by atoms with Crippen molar-refractivity contribution in [3.8, 4) is 0 Å². The van der Waals surface area contributed by atoms with Gasteiger partial charge in [-0.25, -0.2) is 28.1 Å². The van der Waals surface area contributed by atoms with Crippen LogP contribution in [-0.4, -0.2) is 71.1 Å². The fourth-order valence-electron chi connectivity index (χ4n) is 5.75. The minimum atomic E-state index is -3.22. The largest absolute Gasteiger partial charge is 0.470 e. The molecular formula is C29H34N8O4S3. The molecule has 232 valence electrons. The van der Waals surface area contributed by atoms with Gasteiger partial charge in [0.2, 0.25) is 10.0 Å². The van der Waals surface area contributed by atoms with Gasteiger partial charge in [-0.1, -0.05) is 6.07 Å². The van der Waals surface area contributed by atoms with E-state index < -0.39 is 10.0 Å². The zero-order valence-corrected chi connectivity index (χ0v) is 27.1. The number of aromatic nitrogens is 4. The number of anilines is 2. The highest BCUT2D eigenvalue weighted by Gasteiger charge is 2.32. The van der Waals surface area contributed by atoms with Gasteiger partial charge >= 0.3 is 0 Å². The van der Waals surface area contributed by atoms with Gasteiger partial charge in [-0.2, -0.15) is 0 Å². The molecule has 0 atom stereocenters. The first kappa shape index (κ1) is 30.4. The standard InChI is InChI=1S/C29H34N8O4S3/c1-30-44(39,40)16-19-7-9-20(10-8-19)35(2)26-22-11-14-37(27(22)33-17-32-26)18-41-25-21-12-15-42-29(21)43-36(3)24(25)28(38)34-23-6-4-5-13-31-23/h4-6,11-15,17,19-20,30H,7-10,16,18H2,1-3H3,(H,31,34,38). The van der Waals surface area contributed by atoms with Crippen LogP contribution < -0.4 is 14.9 Å². The number of hydrogen-bond donors (Lipinski definition) is 2. The van der Waals surface area contributed by atoms with Gasteiger partial charge in [-0.3, -0.25) is 9.36 Å². The van der Waals surface area contributed by atoms with Crippen LogP contribution >= 0.6 is 23.3 Å². The smallest absolute Gasteiger partial charge is 0.277 e. The van der Waals surface area contributed by atoms with Gasteiger partial charge in [0, 0.05) is 38.1 Å². The summed E-state index contributed by atoms with van der Waals surface area (Å²) >= 11 is 3.08. The molecule has 0 bridgehead atoms. The first-order valence-corrected chi connectivity index (χ1v) is 17.6. The monoisotopic (exact) mass is 654 g/mol. The number of nitrogens with zero attached hydrogens (tertiary/aromatic N) is 6. The van der Waals surface area contributed by atoms with Gasteiger partial charge in [-0.05, 0) is 80.2 Å². The highest BCUT2D eigenvalue weighted by molar-refractivity contribution is 7.99. The fraction of sp³-hybridized carbons (Fsp3) is 0.379. The quantitative estimate of drug-likeness (QED) is 0.238. The number of carbonyl (C=O) groups is 1. The van der Waals surface area contributed by atoms with Gasteiger partial charge in [-0.15, -0.1) is 11.3 Å². The van der Waals surface area contributed by atoms with Crippen molar-refractivity contribution in [3.05, 3.63) is 65.7 Å². The Kier molecular flexibility index (Phi) is 8.80. The predicted octanol–water partition coefficient (Wildman–Crippen LogP) is 4.37. The number of fused-ring (bicyclic) bond motifs is 2. The number of likely N-dealkylation sites (N-methyl/N-ethyl adjacent to an activating group) is 1. The zero-order chi connectivity index (χ0) is 30.8. The molecular weight excluding hydrogens is 621 g/mol. The average Bonchev–Trinajstić information content (AvgIpc) is 3.67. The lowest BCUT2D eigenvalue weighted by Crippen LogP contribution is -2.38. The van der Waals surface area contributed by atoms with Crippen LogP contribution in [0.4, 0.5) is 11.6 Å². The molecule has 4 aromatic rings. The van der Waals surface area contributed by atoms with Gasteiger partial charge in [0.05, 0.1) is 15.3 Å². The van der Waals surface area contributed by atoms with Crippen molar-refractivity contribution >= 4 is 67.6 Å². The topological polar surface area (TPSA) is 135 Å². The average molecular weight is 655 g/mol. The Morgan fingerprint density at radius 1 is 1.14 bits per heavy atom. The molecule has 1 saturated carbocycles. The summed E-state index contributed by atoms with van der Waals surface area (Å²) in [6.07, 6.45) is 8.58. The lowest BCUT2D eigenvalue weighted by atomic mass is 9.86. The Hall–Kier alpha value is -3.66. The normalized spacial score (nSPS) is 18.8. The van der Waals surface area contributed by atoms with Gasteiger partial charge in [0.1, 0.15) is 23.6 Å². The number of nitrogens with one attached hydrogen (secondary N) is 2. The third-order valence-corrected chi connectivity index (χ3v) is 11.7. The maximum absolute atomic E-state index is 13.5. The summed E-state index contributed by atoms with van der Waals surface area (Å²) in [6, 6.07) is 9.55. The van der Waals surface area contributed by atoms with Crippen LogP contribution in [0.5, 0.6) is 0 Å². The molecule has 1 aliphatic heterocycles. The molecule has 1 aliphatic carbocycles. The molecule has 4 aromatic heterocycles. The van der Waals surface area contributed by atoms with E-state index in [4.69, 9.17) is 4.74 Å². The summed E-state index contributed by atoms with van der Waals surface area (Å²) in [7, 11) is 2.13. The number of thiophene rings is 1. The first-order chi connectivity index (χ1) is 21.2. The molecule has 2 N–H and O–H groups in total. The predicted molar refractivity (Wildman–Crippen MR) is 173 cm³/mol. The van der Waals surface area contributed by atoms with E-state index in [1.54, 1.807) is 36.0 Å². The van der Waals surface area contributed by atoms with E-state index in [0.717, 1.165) is 52.3 Å². The van der Waals surface area contributed by atoms with Crippen LogP contribution in [0.2, 0.25) is 0 Å². The van der Waals surface area contributed by atoms with Crippen LogP contribution in [0.1, 0.15) is 31.2 Å². The molecule has 1 fully saturated rings.